The smallest absolute Gasteiger partial charge is 0.135 e. The van der Waals surface area contributed by atoms with E-state index in [0.29, 0.717) is 0 Å². The predicted octanol–water partition coefficient (Wildman–Crippen LogP) is 13.1. The van der Waals surface area contributed by atoms with Gasteiger partial charge in [0.25, 0.3) is 0 Å². The first-order valence-corrected chi connectivity index (χ1v) is 16.2. The Kier molecular flexibility index (Phi) is 5.64. The van der Waals surface area contributed by atoms with E-state index in [0.717, 1.165) is 22.6 Å². The van der Waals surface area contributed by atoms with E-state index < -0.39 is 0 Å². The molecule has 0 spiro atoms. The Labute approximate surface area is 272 Å². The van der Waals surface area contributed by atoms with Crippen LogP contribution >= 0.6 is 0 Å². The minimum Gasteiger partial charge on any atom is -0.456 e. The molecule has 218 valence electrons. The molecule has 1 heteroatoms. The molecule has 47 heavy (non-hydrogen) atoms. The fourth-order valence-electron chi connectivity index (χ4n) is 7.85. The Morgan fingerprint density at radius 2 is 0.830 bits per heavy atom. The summed E-state index contributed by atoms with van der Waals surface area (Å²) in [4.78, 5) is 0. The molecule has 0 N–H and O–H groups in total. The largest absolute Gasteiger partial charge is 0.456 e. The zero-order valence-corrected chi connectivity index (χ0v) is 25.6. The fourth-order valence-corrected chi connectivity index (χ4v) is 7.85. The summed E-state index contributed by atoms with van der Waals surface area (Å²) < 4.78 is 6.63. The highest BCUT2D eigenvalue weighted by Crippen LogP contribution is 2.50. The van der Waals surface area contributed by atoms with Crippen LogP contribution in [0.5, 0.6) is 11.5 Å². The summed E-state index contributed by atoms with van der Waals surface area (Å²) in [5.41, 5.74) is 9.72. The standard InChI is InChI=1S/C46H28O/c1-2-16-32-29(12-1)13-9-23-33(32)34-17-3-4-18-36(34)46-40-21-7-5-19-38(40)44(39-20-6-8-22-41(39)46)31-26-27-35-37-24-10-14-30-15-11-25-42(45(30)37)47-43(35)28-31/h1-28H. The lowest BCUT2D eigenvalue weighted by Crippen LogP contribution is -1.98. The minimum atomic E-state index is 0.896. The van der Waals surface area contributed by atoms with Crippen LogP contribution < -0.4 is 4.74 Å². The van der Waals surface area contributed by atoms with Gasteiger partial charge in [0, 0.05) is 10.9 Å². The maximum absolute atomic E-state index is 6.63. The molecule has 9 aromatic rings. The van der Waals surface area contributed by atoms with Gasteiger partial charge in [-0.25, -0.2) is 0 Å². The van der Waals surface area contributed by atoms with Crippen molar-refractivity contribution >= 4 is 43.1 Å². The molecule has 0 fully saturated rings. The van der Waals surface area contributed by atoms with Gasteiger partial charge in [0.2, 0.25) is 0 Å². The van der Waals surface area contributed by atoms with E-state index in [2.05, 4.69) is 170 Å². The van der Waals surface area contributed by atoms with Crippen molar-refractivity contribution in [1.29, 1.82) is 0 Å². The van der Waals surface area contributed by atoms with Crippen LogP contribution in [0.25, 0.3) is 87.6 Å². The molecule has 1 nitrogen and oxygen atoms in total. The summed E-state index contributed by atoms with van der Waals surface area (Å²) in [7, 11) is 0. The van der Waals surface area contributed by atoms with Gasteiger partial charge in [-0.1, -0.05) is 152 Å². The minimum absolute atomic E-state index is 0.896. The average molecular weight is 597 g/mol. The molecule has 1 aliphatic heterocycles. The molecule has 0 bridgehead atoms. The van der Waals surface area contributed by atoms with Crippen molar-refractivity contribution < 1.29 is 4.74 Å². The van der Waals surface area contributed by atoms with E-state index in [1.807, 2.05) is 0 Å². The molecule has 0 atom stereocenters. The van der Waals surface area contributed by atoms with Crippen LogP contribution in [0.15, 0.2) is 170 Å². The van der Waals surface area contributed by atoms with Crippen molar-refractivity contribution in [2.45, 2.75) is 0 Å². The van der Waals surface area contributed by atoms with Crippen LogP contribution in [-0.4, -0.2) is 0 Å². The van der Waals surface area contributed by atoms with Crippen molar-refractivity contribution in [2.75, 3.05) is 0 Å². The quantitative estimate of drug-likeness (QED) is 0.184. The Morgan fingerprint density at radius 1 is 0.298 bits per heavy atom. The molecule has 0 aliphatic carbocycles. The molecule has 9 aromatic carbocycles. The molecule has 0 unspecified atom stereocenters. The van der Waals surface area contributed by atoms with Gasteiger partial charge < -0.3 is 4.74 Å². The molecule has 0 saturated carbocycles. The number of hydrogen-bond donors (Lipinski definition) is 0. The summed E-state index contributed by atoms with van der Waals surface area (Å²) in [6.45, 7) is 0. The van der Waals surface area contributed by atoms with E-state index in [-0.39, 0.29) is 0 Å². The molecule has 0 saturated heterocycles. The SMILES string of the molecule is c1ccc(-c2c3ccccc3c(-c3ccc4c(c3)Oc3cccc5cccc-4c35)c3ccccc23)c(-c2cccc3ccccc23)c1. The fraction of sp³-hybridized carbons (Fsp3) is 0. The Bertz CT molecular complexity index is 2650. The Hall–Kier alpha value is -6.18. The highest BCUT2D eigenvalue weighted by atomic mass is 16.5. The lowest BCUT2D eigenvalue weighted by molar-refractivity contribution is 0.487. The third-order valence-corrected chi connectivity index (χ3v) is 9.85. The molecule has 0 amide bonds. The number of benzene rings is 9. The van der Waals surface area contributed by atoms with Gasteiger partial charge in [-0.2, -0.15) is 0 Å². The lowest BCUT2D eigenvalue weighted by atomic mass is 9.83. The first-order valence-electron chi connectivity index (χ1n) is 16.2. The number of fused-ring (bicyclic) bond motifs is 5. The molecule has 0 radical (unpaired) electrons. The number of rotatable bonds is 3. The molecular formula is C46H28O. The zero-order valence-electron chi connectivity index (χ0n) is 25.6. The third-order valence-electron chi connectivity index (χ3n) is 9.85. The van der Waals surface area contributed by atoms with Crippen molar-refractivity contribution in [3.63, 3.8) is 0 Å². The second-order valence-corrected chi connectivity index (χ2v) is 12.4. The van der Waals surface area contributed by atoms with Crippen LogP contribution in [-0.2, 0) is 0 Å². The summed E-state index contributed by atoms with van der Waals surface area (Å²) >= 11 is 0. The Morgan fingerprint density at radius 3 is 1.57 bits per heavy atom. The third kappa shape index (κ3) is 3.90. The first-order chi connectivity index (χ1) is 23.3. The van der Waals surface area contributed by atoms with Crippen molar-refractivity contribution in [1.82, 2.24) is 0 Å². The van der Waals surface area contributed by atoms with E-state index in [9.17, 15) is 0 Å². The number of hydrogen-bond acceptors (Lipinski definition) is 1. The molecule has 1 aliphatic rings. The normalized spacial score (nSPS) is 12.0. The molecule has 0 aromatic heterocycles. The van der Waals surface area contributed by atoms with Gasteiger partial charge >= 0.3 is 0 Å². The second kappa shape index (κ2) is 10.2. The lowest BCUT2D eigenvalue weighted by Gasteiger charge is -2.23. The van der Waals surface area contributed by atoms with Crippen molar-refractivity contribution in [2.24, 2.45) is 0 Å². The summed E-state index contributed by atoms with van der Waals surface area (Å²) in [5, 5.41) is 9.83. The van der Waals surface area contributed by atoms with Crippen LogP contribution in [0.2, 0.25) is 0 Å². The summed E-state index contributed by atoms with van der Waals surface area (Å²) in [6.07, 6.45) is 0. The highest BCUT2D eigenvalue weighted by molar-refractivity contribution is 6.23. The molecule has 10 rings (SSSR count). The van der Waals surface area contributed by atoms with Crippen LogP contribution in [0, 0.1) is 0 Å². The Balaban J connectivity index is 1.24. The first kappa shape index (κ1) is 26.1. The second-order valence-electron chi connectivity index (χ2n) is 12.4. The van der Waals surface area contributed by atoms with Crippen molar-refractivity contribution in [3.8, 4) is 56.0 Å². The van der Waals surface area contributed by atoms with E-state index in [1.54, 1.807) is 0 Å². The predicted molar refractivity (Wildman–Crippen MR) is 198 cm³/mol. The van der Waals surface area contributed by atoms with Gasteiger partial charge in [0.05, 0.1) is 0 Å². The van der Waals surface area contributed by atoms with E-state index in [1.165, 1.54) is 76.5 Å². The highest BCUT2D eigenvalue weighted by Gasteiger charge is 2.23. The summed E-state index contributed by atoms with van der Waals surface area (Å²) in [5.74, 6) is 1.81. The van der Waals surface area contributed by atoms with Crippen LogP contribution in [0.4, 0.5) is 0 Å². The maximum atomic E-state index is 6.63. The summed E-state index contributed by atoms with van der Waals surface area (Å²) in [6, 6.07) is 61.5. The monoisotopic (exact) mass is 596 g/mol. The van der Waals surface area contributed by atoms with Gasteiger partial charge in [0.1, 0.15) is 11.5 Å². The van der Waals surface area contributed by atoms with Gasteiger partial charge in [0.15, 0.2) is 0 Å². The van der Waals surface area contributed by atoms with Gasteiger partial charge in [-0.15, -0.1) is 0 Å². The van der Waals surface area contributed by atoms with Gasteiger partial charge in [-0.05, 0) is 94.8 Å². The van der Waals surface area contributed by atoms with E-state index in [4.69, 9.17) is 4.74 Å². The van der Waals surface area contributed by atoms with Crippen LogP contribution in [0.1, 0.15) is 0 Å². The molecule has 1 heterocycles. The number of ether oxygens (including phenoxy) is 1. The van der Waals surface area contributed by atoms with Gasteiger partial charge in [-0.3, -0.25) is 0 Å². The topological polar surface area (TPSA) is 9.23 Å². The zero-order chi connectivity index (χ0) is 30.9. The van der Waals surface area contributed by atoms with Crippen LogP contribution in [0.3, 0.4) is 0 Å². The van der Waals surface area contributed by atoms with E-state index >= 15 is 0 Å². The molecular weight excluding hydrogens is 569 g/mol. The average Bonchev–Trinajstić information content (AvgIpc) is 3.13. The maximum Gasteiger partial charge on any atom is 0.135 e. The van der Waals surface area contributed by atoms with Crippen molar-refractivity contribution in [3.05, 3.63) is 170 Å².